The van der Waals surface area contributed by atoms with E-state index < -0.39 is 11.2 Å². The van der Waals surface area contributed by atoms with Crippen LogP contribution in [0.15, 0.2) is 18.5 Å². The molecule has 5 heteroatoms. The first-order valence-corrected chi connectivity index (χ1v) is 7.39. The summed E-state index contributed by atoms with van der Waals surface area (Å²) in [5.41, 5.74) is 0.0693. The largest absolute Gasteiger partial charge is 0.381 e. The minimum absolute atomic E-state index is 0.0132. The number of carbonyl (C=O) groups is 1. The van der Waals surface area contributed by atoms with Gasteiger partial charge in [0.15, 0.2) is 0 Å². The summed E-state index contributed by atoms with van der Waals surface area (Å²) < 4.78 is 19.0. The Bertz CT molecular complexity index is 499. The lowest BCUT2D eigenvalue weighted by molar-refractivity contribution is -0.134. The average Bonchev–Trinajstić information content (AvgIpc) is 2.48. The van der Waals surface area contributed by atoms with E-state index in [1.165, 1.54) is 12.4 Å². The molecule has 2 rings (SSSR count). The first kappa shape index (κ1) is 15.9. The van der Waals surface area contributed by atoms with E-state index in [2.05, 4.69) is 10.3 Å². The van der Waals surface area contributed by atoms with Crippen LogP contribution in [0.4, 0.5) is 4.39 Å². The van der Waals surface area contributed by atoms with Gasteiger partial charge >= 0.3 is 0 Å². The van der Waals surface area contributed by atoms with Crippen LogP contribution in [0, 0.1) is 11.2 Å². The third-order valence-corrected chi connectivity index (χ3v) is 4.54. The number of amides is 1. The second-order valence-corrected chi connectivity index (χ2v) is 6.09. The number of hydrogen-bond acceptors (Lipinski definition) is 3. The van der Waals surface area contributed by atoms with Crippen LogP contribution in [0.2, 0.25) is 0 Å². The molecule has 1 aromatic rings. The molecule has 1 aliphatic rings. The van der Waals surface area contributed by atoms with Crippen LogP contribution in [-0.2, 0) is 9.53 Å². The Balaban J connectivity index is 2.00. The van der Waals surface area contributed by atoms with E-state index in [0.717, 1.165) is 25.7 Å². The molecule has 21 heavy (non-hydrogen) atoms. The van der Waals surface area contributed by atoms with Crippen LogP contribution in [0.1, 0.15) is 51.1 Å². The second-order valence-electron chi connectivity index (χ2n) is 6.09. The van der Waals surface area contributed by atoms with Gasteiger partial charge in [-0.05, 0) is 38.7 Å². The molecule has 0 aromatic carbocycles. The Morgan fingerprint density at radius 2 is 2.19 bits per heavy atom. The summed E-state index contributed by atoms with van der Waals surface area (Å²) >= 11 is 0. The Kier molecular flexibility index (Phi) is 4.93. The van der Waals surface area contributed by atoms with E-state index in [1.54, 1.807) is 20.1 Å². The van der Waals surface area contributed by atoms with Gasteiger partial charge in [-0.2, -0.15) is 0 Å². The molecule has 1 aliphatic carbocycles. The van der Waals surface area contributed by atoms with Crippen LogP contribution in [0.3, 0.4) is 0 Å². The number of nitrogens with zero attached hydrogens (tertiary/aromatic N) is 1. The Labute approximate surface area is 125 Å². The molecule has 1 unspecified atom stereocenters. The highest BCUT2D eigenvalue weighted by Crippen LogP contribution is 2.37. The highest BCUT2D eigenvalue weighted by atomic mass is 19.1. The van der Waals surface area contributed by atoms with Crippen LogP contribution in [0.25, 0.3) is 0 Å². The number of nitrogens with one attached hydrogen (secondary N) is 1. The monoisotopic (exact) mass is 294 g/mol. The fourth-order valence-electron chi connectivity index (χ4n) is 2.88. The number of halogens is 1. The van der Waals surface area contributed by atoms with Crippen molar-refractivity contribution >= 4 is 5.91 Å². The van der Waals surface area contributed by atoms with Crippen LogP contribution in [-0.4, -0.2) is 24.1 Å². The zero-order chi connectivity index (χ0) is 15.5. The lowest BCUT2D eigenvalue weighted by Gasteiger charge is -2.36. The third-order valence-electron chi connectivity index (χ3n) is 4.54. The molecular weight excluding hydrogens is 271 g/mol. The van der Waals surface area contributed by atoms with Gasteiger partial charge in [0.05, 0.1) is 18.3 Å². The van der Waals surface area contributed by atoms with Crippen LogP contribution in [0.5, 0.6) is 0 Å². The number of hydrogen-bond donors (Lipinski definition) is 1. The molecule has 1 aromatic heterocycles. The first-order chi connectivity index (χ1) is 9.96. The van der Waals surface area contributed by atoms with Gasteiger partial charge in [0, 0.05) is 24.3 Å². The fraction of sp³-hybridized carbons (Fsp3) is 0.625. The summed E-state index contributed by atoms with van der Waals surface area (Å²) in [5.74, 6) is -0.403. The number of methoxy groups -OCH3 is 1. The molecule has 0 spiro atoms. The average molecular weight is 294 g/mol. The second kappa shape index (κ2) is 6.52. The summed E-state index contributed by atoms with van der Waals surface area (Å²) in [6, 6.07) is 1.24. The van der Waals surface area contributed by atoms with Gasteiger partial charge < -0.3 is 10.1 Å². The van der Waals surface area contributed by atoms with E-state index in [4.69, 9.17) is 4.74 Å². The summed E-state index contributed by atoms with van der Waals surface area (Å²) in [6.07, 6.45) is 6.32. The number of rotatable bonds is 4. The minimum atomic E-state index is -0.396. The van der Waals surface area contributed by atoms with Crippen molar-refractivity contribution in [3.63, 3.8) is 0 Å². The normalized spacial score (nSPS) is 27.1. The van der Waals surface area contributed by atoms with Crippen molar-refractivity contribution in [3.05, 3.63) is 29.8 Å². The number of aromatic nitrogens is 1. The van der Waals surface area contributed by atoms with Gasteiger partial charge in [0.25, 0.3) is 0 Å². The van der Waals surface area contributed by atoms with E-state index in [9.17, 15) is 9.18 Å². The zero-order valence-corrected chi connectivity index (χ0v) is 12.9. The Morgan fingerprint density at radius 1 is 1.52 bits per heavy atom. The molecule has 1 fully saturated rings. The van der Waals surface area contributed by atoms with E-state index in [1.807, 2.05) is 6.92 Å². The Hall–Kier alpha value is -1.49. The van der Waals surface area contributed by atoms with E-state index in [0.29, 0.717) is 5.56 Å². The maximum atomic E-state index is 13.7. The zero-order valence-electron chi connectivity index (χ0n) is 12.9. The third kappa shape index (κ3) is 3.59. The quantitative estimate of drug-likeness (QED) is 0.928. The molecule has 116 valence electrons. The minimum Gasteiger partial charge on any atom is -0.381 e. The molecule has 1 atom stereocenters. The van der Waals surface area contributed by atoms with Crippen molar-refractivity contribution in [3.8, 4) is 0 Å². The summed E-state index contributed by atoms with van der Waals surface area (Å²) in [4.78, 5) is 16.2. The molecular formula is C16H23FN2O2. The van der Waals surface area contributed by atoms with Crippen LogP contribution < -0.4 is 5.32 Å². The first-order valence-electron chi connectivity index (χ1n) is 7.39. The van der Waals surface area contributed by atoms with Crippen molar-refractivity contribution in [2.45, 2.75) is 51.7 Å². The fourth-order valence-corrected chi connectivity index (χ4v) is 2.88. The van der Waals surface area contributed by atoms with Crippen LogP contribution >= 0.6 is 0 Å². The molecule has 0 aliphatic heterocycles. The highest BCUT2D eigenvalue weighted by molar-refractivity contribution is 5.82. The highest BCUT2D eigenvalue weighted by Gasteiger charge is 2.38. The van der Waals surface area contributed by atoms with Gasteiger partial charge in [-0.15, -0.1) is 0 Å². The molecule has 1 amide bonds. The smallest absolute Gasteiger partial charge is 0.226 e. The molecule has 1 heterocycles. The molecule has 4 nitrogen and oxygen atoms in total. The lowest BCUT2D eigenvalue weighted by atomic mass is 9.74. The van der Waals surface area contributed by atoms with Crippen molar-refractivity contribution in [1.29, 1.82) is 0 Å². The maximum absolute atomic E-state index is 13.7. The van der Waals surface area contributed by atoms with Gasteiger partial charge in [-0.25, -0.2) is 4.39 Å². The molecule has 1 N–H and O–H groups in total. The predicted octanol–water partition coefficient (Wildman–Crippen LogP) is 2.99. The maximum Gasteiger partial charge on any atom is 0.226 e. The van der Waals surface area contributed by atoms with Crippen molar-refractivity contribution in [2.24, 2.45) is 5.41 Å². The topological polar surface area (TPSA) is 51.2 Å². The summed E-state index contributed by atoms with van der Waals surface area (Å²) in [7, 11) is 1.71. The van der Waals surface area contributed by atoms with Gasteiger partial charge in [-0.1, -0.05) is 6.92 Å². The number of ether oxygens (including phenoxy) is 1. The molecule has 0 bridgehead atoms. The molecule has 0 saturated heterocycles. The van der Waals surface area contributed by atoms with Gasteiger partial charge in [0.1, 0.15) is 5.82 Å². The Morgan fingerprint density at radius 3 is 2.76 bits per heavy atom. The van der Waals surface area contributed by atoms with Crippen molar-refractivity contribution < 1.29 is 13.9 Å². The van der Waals surface area contributed by atoms with Gasteiger partial charge in [0.2, 0.25) is 5.91 Å². The lowest BCUT2D eigenvalue weighted by Crippen LogP contribution is -2.43. The number of pyridine rings is 1. The van der Waals surface area contributed by atoms with Crippen molar-refractivity contribution in [2.75, 3.05) is 7.11 Å². The van der Waals surface area contributed by atoms with Crippen molar-refractivity contribution in [1.82, 2.24) is 10.3 Å². The summed E-state index contributed by atoms with van der Waals surface area (Å²) in [5, 5.41) is 2.93. The number of carbonyl (C=O) groups excluding carboxylic acids is 1. The van der Waals surface area contributed by atoms with Gasteiger partial charge in [-0.3, -0.25) is 9.78 Å². The molecule has 0 radical (unpaired) electrons. The predicted molar refractivity (Wildman–Crippen MR) is 78.1 cm³/mol. The summed E-state index contributed by atoms with van der Waals surface area (Å²) in [6.45, 7) is 3.77. The van der Waals surface area contributed by atoms with E-state index >= 15 is 0 Å². The standard InChI is InChI=1S/C16H23FN2O2/c1-11(13-6-9-18-10-14(13)17)19-15(20)16(2)7-4-12(21-3)5-8-16/h6,9-12H,4-5,7-8H2,1-3H3,(H,19,20). The SMILES string of the molecule is COC1CCC(C)(C(=O)NC(C)c2ccncc2F)CC1. The molecule has 1 saturated carbocycles. The van der Waals surface area contributed by atoms with E-state index in [-0.39, 0.29) is 18.1 Å².